The van der Waals surface area contributed by atoms with Crippen LogP contribution >= 0.6 is 11.8 Å². The molecule has 1 unspecified atom stereocenters. The van der Waals surface area contributed by atoms with Gasteiger partial charge in [0.2, 0.25) is 11.8 Å². The summed E-state index contributed by atoms with van der Waals surface area (Å²) in [6.07, 6.45) is 1.86. The van der Waals surface area contributed by atoms with Gasteiger partial charge in [0.05, 0.1) is 0 Å². The number of nitrogens with one attached hydrogen (secondary N) is 1. The molecule has 5 heteroatoms. The van der Waals surface area contributed by atoms with Crippen LogP contribution in [0.4, 0.5) is 5.69 Å². The average molecular weight is 304 g/mol. The van der Waals surface area contributed by atoms with E-state index in [9.17, 15) is 9.59 Å². The monoisotopic (exact) mass is 304 g/mol. The van der Waals surface area contributed by atoms with E-state index in [1.807, 2.05) is 40.9 Å². The summed E-state index contributed by atoms with van der Waals surface area (Å²) in [5.41, 5.74) is 2.09. The minimum absolute atomic E-state index is 0.0516. The molecule has 112 valence electrons. The van der Waals surface area contributed by atoms with Gasteiger partial charge < -0.3 is 10.2 Å². The highest BCUT2D eigenvalue weighted by atomic mass is 32.2. The number of amides is 2. The van der Waals surface area contributed by atoms with Crippen molar-refractivity contribution in [3.63, 3.8) is 0 Å². The van der Waals surface area contributed by atoms with Crippen LogP contribution in [0.25, 0.3) is 0 Å². The summed E-state index contributed by atoms with van der Waals surface area (Å²) in [5, 5.41) is 2.95. The van der Waals surface area contributed by atoms with Gasteiger partial charge in [0.25, 0.3) is 0 Å². The maximum Gasteiger partial charge on any atom is 0.227 e. The van der Waals surface area contributed by atoms with Crippen molar-refractivity contribution in [3.8, 4) is 0 Å². The highest BCUT2D eigenvalue weighted by Gasteiger charge is 2.27. The second kappa shape index (κ2) is 6.52. The van der Waals surface area contributed by atoms with E-state index >= 15 is 0 Å². The fourth-order valence-corrected chi connectivity index (χ4v) is 3.82. The van der Waals surface area contributed by atoms with Gasteiger partial charge in [-0.15, -0.1) is 0 Å². The van der Waals surface area contributed by atoms with Crippen molar-refractivity contribution < 1.29 is 9.59 Å². The Morgan fingerprint density at radius 3 is 2.86 bits per heavy atom. The molecule has 2 heterocycles. The lowest BCUT2D eigenvalue weighted by Gasteiger charge is -2.28. The zero-order valence-corrected chi connectivity index (χ0v) is 12.8. The molecule has 0 radical (unpaired) electrons. The first kappa shape index (κ1) is 14.4. The Labute approximate surface area is 129 Å². The number of fused-ring (bicyclic) bond motifs is 1. The number of benzene rings is 1. The van der Waals surface area contributed by atoms with E-state index in [0.29, 0.717) is 12.8 Å². The largest absolute Gasteiger partial charge is 0.341 e. The molecule has 0 bridgehead atoms. The van der Waals surface area contributed by atoms with Crippen molar-refractivity contribution in [2.45, 2.75) is 19.3 Å². The van der Waals surface area contributed by atoms with Crippen LogP contribution in [-0.2, 0) is 16.0 Å². The van der Waals surface area contributed by atoms with Crippen molar-refractivity contribution in [2.75, 3.05) is 29.9 Å². The first-order valence-corrected chi connectivity index (χ1v) is 8.64. The van der Waals surface area contributed by atoms with Gasteiger partial charge in [-0.2, -0.15) is 11.8 Å². The van der Waals surface area contributed by atoms with Crippen molar-refractivity contribution in [2.24, 2.45) is 5.92 Å². The maximum atomic E-state index is 12.2. The van der Waals surface area contributed by atoms with E-state index in [0.717, 1.165) is 36.7 Å². The molecular weight excluding hydrogens is 284 g/mol. The van der Waals surface area contributed by atoms with E-state index < -0.39 is 0 Å². The van der Waals surface area contributed by atoms with Crippen LogP contribution in [0.15, 0.2) is 24.3 Å². The third kappa shape index (κ3) is 3.40. The number of para-hydroxylation sites is 1. The smallest absolute Gasteiger partial charge is 0.227 e. The minimum Gasteiger partial charge on any atom is -0.341 e. The molecule has 2 amide bonds. The lowest BCUT2D eigenvalue weighted by atomic mass is 9.89. The standard InChI is InChI=1S/C16H20N2O2S/c19-15(18-7-9-21-10-8-18)6-5-13-11-12-3-1-2-4-14(12)17-16(13)20/h1-4,13H,5-11H2,(H,17,20). The molecule has 1 aromatic rings. The summed E-state index contributed by atoms with van der Waals surface area (Å²) in [6, 6.07) is 7.90. The lowest BCUT2D eigenvalue weighted by molar-refractivity contribution is -0.131. The van der Waals surface area contributed by atoms with Crippen LogP contribution in [0.1, 0.15) is 18.4 Å². The highest BCUT2D eigenvalue weighted by Crippen LogP contribution is 2.27. The SMILES string of the molecule is O=C1Nc2ccccc2CC1CCC(=O)N1CCSCC1. The number of thioether (sulfide) groups is 1. The fourth-order valence-electron chi connectivity index (χ4n) is 2.91. The molecule has 3 rings (SSSR count). The lowest BCUT2D eigenvalue weighted by Crippen LogP contribution is -2.38. The van der Waals surface area contributed by atoms with Gasteiger partial charge in [0.15, 0.2) is 0 Å². The summed E-state index contributed by atoms with van der Waals surface area (Å²) >= 11 is 1.90. The predicted octanol–water partition coefficient (Wildman–Crippen LogP) is 2.15. The van der Waals surface area contributed by atoms with Gasteiger partial charge in [0, 0.05) is 42.6 Å². The summed E-state index contributed by atoms with van der Waals surface area (Å²) in [7, 11) is 0. The molecule has 1 saturated heterocycles. The minimum atomic E-state index is -0.0805. The van der Waals surface area contributed by atoms with E-state index in [1.165, 1.54) is 5.56 Å². The molecule has 0 aromatic heterocycles. The van der Waals surface area contributed by atoms with Crippen LogP contribution in [0.2, 0.25) is 0 Å². The van der Waals surface area contributed by atoms with Gasteiger partial charge in [-0.3, -0.25) is 9.59 Å². The molecule has 1 aromatic carbocycles. The van der Waals surface area contributed by atoms with Gasteiger partial charge >= 0.3 is 0 Å². The van der Waals surface area contributed by atoms with Gasteiger partial charge in [-0.1, -0.05) is 18.2 Å². The number of hydrogen-bond acceptors (Lipinski definition) is 3. The van der Waals surface area contributed by atoms with E-state index in [2.05, 4.69) is 5.32 Å². The first-order valence-electron chi connectivity index (χ1n) is 7.48. The molecule has 1 N–H and O–H groups in total. The number of carbonyl (C=O) groups is 2. The summed E-state index contributed by atoms with van der Waals surface area (Å²) in [5.74, 6) is 2.23. The number of carbonyl (C=O) groups excluding carboxylic acids is 2. The zero-order chi connectivity index (χ0) is 14.7. The fraction of sp³-hybridized carbons (Fsp3) is 0.500. The topological polar surface area (TPSA) is 49.4 Å². The van der Waals surface area contributed by atoms with E-state index in [1.54, 1.807) is 0 Å². The Hall–Kier alpha value is -1.49. The van der Waals surface area contributed by atoms with Gasteiger partial charge in [-0.05, 0) is 24.5 Å². The molecule has 0 aliphatic carbocycles. The Morgan fingerprint density at radius 2 is 2.05 bits per heavy atom. The Balaban J connectivity index is 1.56. The molecule has 4 nitrogen and oxygen atoms in total. The first-order chi connectivity index (χ1) is 10.2. The number of anilines is 1. The van der Waals surface area contributed by atoms with Crippen LogP contribution in [0.5, 0.6) is 0 Å². The average Bonchev–Trinajstić information content (AvgIpc) is 2.53. The third-order valence-corrected chi connectivity index (χ3v) is 5.13. The zero-order valence-electron chi connectivity index (χ0n) is 12.0. The van der Waals surface area contributed by atoms with Crippen LogP contribution < -0.4 is 5.32 Å². The Morgan fingerprint density at radius 1 is 1.29 bits per heavy atom. The maximum absolute atomic E-state index is 12.2. The number of nitrogens with zero attached hydrogens (tertiary/aromatic N) is 1. The predicted molar refractivity (Wildman–Crippen MR) is 85.4 cm³/mol. The molecule has 1 atom stereocenters. The molecule has 0 spiro atoms. The van der Waals surface area contributed by atoms with Crippen molar-refractivity contribution in [3.05, 3.63) is 29.8 Å². The molecule has 21 heavy (non-hydrogen) atoms. The second-order valence-corrected chi connectivity index (χ2v) is 6.80. The molecule has 2 aliphatic rings. The quantitative estimate of drug-likeness (QED) is 0.931. The Kier molecular flexibility index (Phi) is 4.48. The summed E-state index contributed by atoms with van der Waals surface area (Å²) in [6.45, 7) is 1.70. The molecule has 0 saturated carbocycles. The molecule has 1 fully saturated rings. The molecular formula is C16H20N2O2S. The second-order valence-electron chi connectivity index (χ2n) is 5.58. The highest BCUT2D eigenvalue weighted by molar-refractivity contribution is 7.99. The van der Waals surface area contributed by atoms with Crippen molar-refractivity contribution in [1.29, 1.82) is 0 Å². The van der Waals surface area contributed by atoms with Crippen molar-refractivity contribution in [1.82, 2.24) is 4.90 Å². The van der Waals surface area contributed by atoms with E-state index in [4.69, 9.17) is 0 Å². The summed E-state index contributed by atoms with van der Waals surface area (Å²) < 4.78 is 0. The van der Waals surface area contributed by atoms with Gasteiger partial charge in [0.1, 0.15) is 0 Å². The van der Waals surface area contributed by atoms with Crippen LogP contribution in [-0.4, -0.2) is 41.3 Å². The van der Waals surface area contributed by atoms with E-state index in [-0.39, 0.29) is 17.7 Å². The number of rotatable bonds is 3. The van der Waals surface area contributed by atoms with Crippen LogP contribution in [0.3, 0.4) is 0 Å². The third-order valence-electron chi connectivity index (χ3n) is 4.18. The summed E-state index contributed by atoms with van der Waals surface area (Å²) in [4.78, 5) is 26.2. The normalized spacial score (nSPS) is 21.6. The van der Waals surface area contributed by atoms with Gasteiger partial charge in [-0.25, -0.2) is 0 Å². The number of hydrogen-bond donors (Lipinski definition) is 1. The van der Waals surface area contributed by atoms with Crippen molar-refractivity contribution >= 4 is 29.3 Å². The Bertz CT molecular complexity index is 541. The molecule has 2 aliphatic heterocycles. The van der Waals surface area contributed by atoms with Crippen LogP contribution in [0, 0.1) is 5.92 Å².